The van der Waals surface area contributed by atoms with Gasteiger partial charge >= 0.3 is 0 Å². The van der Waals surface area contributed by atoms with Crippen LogP contribution in [0.3, 0.4) is 0 Å². The molecular formula is C12H11Cl2N3O. The third-order valence-corrected chi connectivity index (χ3v) is 3.31. The van der Waals surface area contributed by atoms with Crippen LogP contribution in [0.2, 0.25) is 10.0 Å². The molecule has 0 aliphatic rings. The van der Waals surface area contributed by atoms with Crippen LogP contribution in [-0.4, -0.2) is 15.7 Å². The first-order valence-corrected chi connectivity index (χ1v) is 6.00. The van der Waals surface area contributed by atoms with E-state index in [1.807, 2.05) is 6.92 Å². The number of amides is 1. The van der Waals surface area contributed by atoms with Crippen molar-refractivity contribution >= 4 is 34.8 Å². The summed E-state index contributed by atoms with van der Waals surface area (Å²) < 4.78 is 1.63. The molecule has 0 fully saturated rings. The highest BCUT2D eigenvalue weighted by atomic mass is 35.5. The molecule has 0 saturated heterocycles. The summed E-state index contributed by atoms with van der Waals surface area (Å²) in [4.78, 5) is 12.1. The average molecular weight is 284 g/mol. The molecule has 6 heteroatoms. The second-order valence-electron chi connectivity index (χ2n) is 3.82. The lowest BCUT2D eigenvalue weighted by atomic mass is 10.2. The highest BCUT2D eigenvalue weighted by Gasteiger charge is 2.15. The molecule has 0 unspecified atom stereocenters. The van der Waals surface area contributed by atoms with Gasteiger partial charge in [0.25, 0.3) is 5.91 Å². The van der Waals surface area contributed by atoms with Crippen LogP contribution in [0.25, 0.3) is 0 Å². The summed E-state index contributed by atoms with van der Waals surface area (Å²) in [6, 6.07) is 5.05. The molecule has 0 aliphatic heterocycles. The Labute approximate surface area is 115 Å². The van der Waals surface area contributed by atoms with E-state index in [0.29, 0.717) is 21.3 Å². The highest BCUT2D eigenvalue weighted by molar-refractivity contribution is 6.40. The number of anilines is 1. The van der Waals surface area contributed by atoms with Crippen molar-refractivity contribution in [2.24, 2.45) is 7.05 Å². The van der Waals surface area contributed by atoms with Gasteiger partial charge in [-0.3, -0.25) is 9.48 Å². The van der Waals surface area contributed by atoms with Crippen LogP contribution in [0.5, 0.6) is 0 Å². The van der Waals surface area contributed by atoms with E-state index in [1.165, 1.54) is 6.20 Å². The van der Waals surface area contributed by atoms with Gasteiger partial charge in [0.2, 0.25) is 0 Å². The second kappa shape index (κ2) is 5.00. The monoisotopic (exact) mass is 283 g/mol. The average Bonchev–Trinajstić information content (AvgIpc) is 2.65. The van der Waals surface area contributed by atoms with Crippen molar-refractivity contribution < 1.29 is 4.79 Å². The minimum Gasteiger partial charge on any atom is -0.319 e. The fourth-order valence-electron chi connectivity index (χ4n) is 1.52. The number of carbonyl (C=O) groups is 1. The summed E-state index contributed by atoms with van der Waals surface area (Å²) in [6.45, 7) is 1.82. The Hall–Kier alpha value is -1.52. The van der Waals surface area contributed by atoms with E-state index in [9.17, 15) is 4.79 Å². The van der Waals surface area contributed by atoms with Crippen molar-refractivity contribution in [3.8, 4) is 0 Å². The number of nitrogens with one attached hydrogen (secondary N) is 1. The molecule has 1 heterocycles. The van der Waals surface area contributed by atoms with Crippen LogP contribution < -0.4 is 5.32 Å². The van der Waals surface area contributed by atoms with Gasteiger partial charge in [-0.2, -0.15) is 5.10 Å². The molecule has 0 bridgehead atoms. The van der Waals surface area contributed by atoms with Gasteiger partial charge in [-0.15, -0.1) is 0 Å². The van der Waals surface area contributed by atoms with Gasteiger partial charge in [-0.25, -0.2) is 0 Å². The molecule has 18 heavy (non-hydrogen) atoms. The number of para-hydroxylation sites is 1. The predicted molar refractivity (Wildman–Crippen MR) is 72.4 cm³/mol. The third kappa shape index (κ3) is 2.35. The number of halogens is 2. The lowest BCUT2D eigenvalue weighted by Gasteiger charge is -2.08. The summed E-state index contributed by atoms with van der Waals surface area (Å²) in [5.41, 5.74) is 1.68. The maximum absolute atomic E-state index is 12.1. The predicted octanol–water partition coefficient (Wildman–Crippen LogP) is 3.29. The molecule has 0 atom stereocenters. The molecule has 2 rings (SSSR count). The summed E-state index contributed by atoms with van der Waals surface area (Å²) >= 11 is 12.0. The number of hydrogen-bond donors (Lipinski definition) is 1. The minimum absolute atomic E-state index is 0.282. The van der Waals surface area contributed by atoms with Gasteiger partial charge < -0.3 is 5.32 Å². The van der Waals surface area contributed by atoms with E-state index in [0.717, 1.165) is 5.69 Å². The zero-order chi connectivity index (χ0) is 13.3. The molecule has 0 spiro atoms. The van der Waals surface area contributed by atoms with Gasteiger partial charge in [0.15, 0.2) is 0 Å². The zero-order valence-electron chi connectivity index (χ0n) is 9.87. The van der Waals surface area contributed by atoms with E-state index in [1.54, 1.807) is 29.9 Å². The Morgan fingerprint density at radius 2 is 1.94 bits per heavy atom. The third-order valence-electron chi connectivity index (χ3n) is 2.68. The standard InChI is InChI=1S/C12H11Cl2N3O/c1-7-8(6-15-17(7)2)12(18)16-11-9(13)4-3-5-10(11)14/h3-6H,1-2H3,(H,16,18). The molecule has 1 aromatic heterocycles. The van der Waals surface area contributed by atoms with E-state index < -0.39 is 0 Å². The number of aromatic nitrogens is 2. The Kier molecular flexibility index (Phi) is 3.59. The van der Waals surface area contributed by atoms with Gasteiger partial charge in [-0.05, 0) is 19.1 Å². The highest BCUT2D eigenvalue weighted by Crippen LogP contribution is 2.30. The van der Waals surface area contributed by atoms with Gasteiger partial charge in [0.1, 0.15) is 0 Å². The van der Waals surface area contributed by atoms with Crippen molar-refractivity contribution in [2.75, 3.05) is 5.32 Å². The van der Waals surface area contributed by atoms with Gasteiger partial charge in [-0.1, -0.05) is 29.3 Å². The van der Waals surface area contributed by atoms with E-state index >= 15 is 0 Å². The lowest BCUT2D eigenvalue weighted by Crippen LogP contribution is -2.13. The Morgan fingerprint density at radius 3 is 2.44 bits per heavy atom. The second-order valence-corrected chi connectivity index (χ2v) is 4.63. The van der Waals surface area contributed by atoms with Crippen molar-refractivity contribution in [3.63, 3.8) is 0 Å². The zero-order valence-corrected chi connectivity index (χ0v) is 11.4. The first-order chi connectivity index (χ1) is 8.50. The van der Waals surface area contributed by atoms with Crippen LogP contribution in [0.15, 0.2) is 24.4 Å². The van der Waals surface area contributed by atoms with Crippen LogP contribution >= 0.6 is 23.2 Å². The molecule has 0 aliphatic carbocycles. The van der Waals surface area contributed by atoms with Crippen molar-refractivity contribution in [1.29, 1.82) is 0 Å². The smallest absolute Gasteiger partial charge is 0.259 e. The topological polar surface area (TPSA) is 46.9 Å². The first kappa shape index (κ1) is 12.9. The molecule has 1 amide bonds. The number of nitrogens with zero attached hydrogens (tertiary/aromatic N) is 2. The molecule has 1 aromatic carbocycles. The summed E-state index contributed by atoms with van der Waals surface area (Å²) in [5.74, 6) is -0.282. The normalized spacial score (nSPS) is 10.4. The van der Waals surface area contributed by atoms with Crippen LogP contribution in [-0.2, 0) is 7.05 Å². The quantitative estimate of drug-likeness (QED) is 0.919. The number of aryl methyl sites for hydroxylation is 1. The maximum atomic E-state index is 12.1. The van der Waals surface area contributed by atoms with Crippen molar-refractivity contribution in [2.45, 2.75) is 6.92 Å². The van der Waals surface area contributed by atoms with Crippen LogP contribution in [0, 0.1) is 6.92 Å². The van der Waals surface area contributed by atoms with E-state index in [4.69, 9.17) is 23.2 Å². The Bertz CT molecular complexity index is 587. The number of benzene rings is 1. The Balaban J connectivity index is 2.30. The number of rotatable bonds is 2. The molecule has 4 nitrogen and oxygen atoms in total. The maximum Gasteiger partial charge on any atom is 0.259 e. The van der Waals surface area contributed by atoms with E-state index in [-0.39, 0.29) is 5.91 Å². The SMILES string of the molecule is Cc1c(C(=O)Nc2c(Cl)cccc2Cl)cnn1C. The summed E-state index contributed by atoms with van der Waals surface area (Å²) in [7, 11) is 1.77. The summed E-state index contributed by atoms with van der Waals surface area (Å²) in [5, 5.41) is 7.51. The van der Waals surface area contributed by atoms with Gasteiger partial charge in [0, 0.05) is 12.7 Å². The summed E-state index contributed by atoms with van der Waals surface area (Å²) in [6.07, 6.45) is 1.51. The first-order valence-electron chi connectivity index (χ1n) is 5.24. The molecule has 2 aromatic rings. The molecule has 1 N–H and O–H groups in total. The number of hydrogen-bond acceptors (Lipinski definition) is 2. The fourth-order valence-corrected chi connectivity index (χ4v) is 2.01. The molecule has 0 saturated carbocycles. The number of carbonyl (C=O) groups excluding carboxylic acids is 1. The molecule has 0 radical (unpaired) electrons. The van der Waals surface area contributed by atoms with Crippen molar-refractivity contribution in [1.82, 2.24) is 9.78 Å². The minimum atomic E-state index is -0.282. The Morgan fingerprint density at radius 1 is 1.33 bits per heavy atom. The van der Waals surface area contributed by atoms with Gasteiger partial charge in [0.05, 0.1) is 27.5 Å². The van der Waals surface area contributed by atoms with Crippen molar-refractivity contribution in [3.05, 3.63) is 45.7 Å². The van der Waals surface area contributed by atoms with E-state index in [2.05, 4.69) is 10.4 Å². The largest absolute Gasteiger partial charge is 0.319 e. The van der Waals surface area contributed by atoms with Crippen LogP contribution in [0.1, 0.15) is 16.1 Å². The molecule has 94 valence electrons. The van der Waals surface area contributed by atoms with Crippen LogP contribution in [0.4, 0.5) is 5.69 Å². The molecular weight excluding hydrogens is 273 g/mol. The fraction of sp³-hybridized carbons (Fsp3) is 0.167. The lowest BCUT2D eigenvalue weighted by molar-refractivity contribution is 0.102.